The zero-order chi connectivity index (χ0) is 15.4. The van der Waals surface area contributed by atoms with E-state index in [-0.39, 0.29) is 11.9 Å². The number of anilines is 1. The van der Waals surface area contributed by atoms with Gasteiger partial charge in [0.2, 0.25) is 0 Å². The van der Waals surface area contributed by atoms with Crippen molar-refractivity contribution in [2.45, 2.75) is 53.0 Å². The minimum atomic E-state index is -0.0925. The maximum absolute atomic E-state index is 14.0. The van der Waals surface area contributed by atoms with Crippen molar-refractivity contribution in [2.24, 2.45) is 5.92 Å². The van der Waals surface area contributed by atoms with Crippen LogP contribution in [-0.2, 0) is 0 Å². The van der Waals surface area contributed by atoms with E-state index in [4.69, 9.17) is 0 Å². The van der Waals surface area contributed by atoms with E-state index < -0.39 is 0 Å². The van der Waals surface area contributed by atoms with Crippen molar-refractivity contribution < 1.29 is 4.39 Å². The third-order valence-electron chi connectivity index (χ3n) is 4.68. The Labute approximate surface area is 128 Å². The molecule has 1 saturated heterocycles. The summed E-state index contributed by atoms with van der Waals surface area (Å²) in [5.41, 5.74) is 3.07. The molecular weight excluding hydrogens is 263 g/mol. The summed E-state index contributed by atoms with van der Waals surface area (Å²) in [6, 6.07) is 3.96. The predicted octanol–water partition coefficient (Wildman–Crippen LogP) is 4.43. The van der Waals surface area contributed by atoms with Crippen LogP contribution in [0.15, 0.2) is 12.1 Å². The molecule has 1 aromatic carbocycles. The Balaban J connectivity index is 2.28. The monoisotopic (exact) mass is 292 g/mol. The largest absolute Gasteiger partial charge is 0.371 e. The third kappa shape index (κ3) is 3.76. The van der Waals surface area contributed by atoms with Gasteiger partial charge in [0.1, 0.15) is 5.82 Å². The van der Waals surface area contributed by atoms with Crippen molar-refractivity contribution in [3.8, 4) is 0 Å². The lowest BCUT2D eigenvalue weighted by atomic mass is 10.0. The number of nitrogens with zero attached hydrogens (tertiary/aromatic N) is 1. The Morgan fingerprint density at radius 3 is 2.76 bits per heavy atom. The molecule has 0 saturated carbocycles. The first-order chi connectivity index (χ1) is 10.1. The molecule has 0 bridgehead atoms. The molecule has 1 aromatic rings. The smallest absolute Gasteiger partial charge is 0.126 e. The van der Waals surface area contributed by atoms with E-state index in [0.717, 1.165) is 43.1 Å². The number of benzene rings is 1. The topological polar surface area (TPSA) is 15.3 Å². The van der Waals surface area contributed by atoms with E-state index >= 15 is 0 Å². The highest BCUT2D eigenvalue weighted by Gasteiger charge is 2.25. The molecule has 1 fully saturated rings. The zero-order valence-corrected chi connectivity index (χ0v) is 13.9. The molecule has 1 aliphatic heterocycles. The van der Waals surface area contributed by atoms with Crippen molar-refractivity contribution in [1.82, 2.24) is 5.32 Å². The minimum Gasteiger partial charge on any atom is -0.371 e. The Hall–Kier alpha value is -1.09. The molecule has 1 heterocycles. The van der Waals surface area contributed by atoms with Crippen molar-refractivity contribution >= 4 is 5.69 Å². The molecule has 1 N–H and O–H groups in total. The van der Waals surface area contributed by atoms with Gasteiger partial charge in [-0.3, -0.25) is 0 Å². The molecule has 2 atom stereocenters. The lowest BCUT2D eigenvalue weighted by Gasteiger charge is -2.26. The van der Waals surface area contributed by atoms with Crippen LogP contribution in [0.3, 0.4) is 0 Å². The molecule has 0 spiro atoms. The van der Waals surface area contributed by atoms with Crippen LogP contribution < -0.4 is 10.2 Å². The number of aryl methyl sites for hydroxylation is 1. The summed E-state index contributed by atoms with van der Waals surface area (Å²) in [5, 5.41) is 3.49. The number of nitrogens with one attached hydrogen (secondary N) is 1. The molecule has 1 aliphatic rings. The average molecular weight is 292 g/mol. The lowest BCUT2D eigenvalue weighted by molar-refractivity contribution is 0.556. The minimum absolute atomic E-state index is 0.0925. The van der Waals surface area contributed by atoms with Gasteiger partial charge in [-0.15, -0.1) is 0 Å². The first-order valence-corrected chi connectivity index (χ1v) is 8.35. The van der Waals surface area contributed by atoms with Crippen molar-refractivity contribution in [3.05, 3.63) is 29.1 Å². The molecule has 2 unspecified atom stereocenters. The maximum Gasteiger partial charge on any atom is 0.126 e. The van der Waals surface area contributed by atoms with Crippen molar-refractivity contribution in [3.63, 3.8) is 0 Å². The van der Waals surface area contributed by atoms with Crippen LogP contribution >= 0.6 is 0 Å². The highest BCUT2D eigenvalue weighted by atomic mass is 19.1. The molecule has 0 aliphatic carbocycles. The maximum atomic E-state index is 14.0. The lowest BCUT2D eigenvalue weighted by Crippen LogP contribution is -2.26. The van der Waals surface area contributed by atoms with Gasteiger partial charge in [0.15, 0.2) is 0 Å². The van der Waals surface area contributed by atoms with Gasteiger partial charge >= 0.3 is 0 Å². The standard InChI is InChI=1S/C18H29FN2/c1-5-8-20-14(4)16-11-17(19)13(3)10-18(16)21-9-7-15(6-2)12-21/h10-11,14-15,20H,5-9,12H2,1-4H3. The SMILES string of the molecule is CCCNC(C)c1cc(F)c(C)cc1N1CCC(CC)C1. The normalized spacial score (nSPS) is 20.0. The van der Waals surface area contributed by atoms with Gasteiger partial charge in [-0.05, 0) is 62.4 Å². The highest BCUT2D eigenvalue weighted by Crippen LogP contribution is 2.33. The molecule has 0 amide bonds. The second-order valence-corrected chi connectivity index (χ2v) is 6.34. The summed E-state index contributed by atoms with van der Waals surface area (Å²) in [7, 11) is 0. The second kappa shape index (κ2) is 7.26. The molecule has 2 nitrogen and oxygen atoms in total. The Kier molecular flexibility index (Phi) is 5.63. The number of hydrogen-bond donors (Lipinski definition) is 1. The summed E-state index contributed by atoms with van der Waals surface area (Å²) in [5.74, 6) is 0.687. The summed E-state index contributed by atoms with van der Waals surface area (Å²) < 4.78 is 14.0. The van der Waals surface area contributed by atoms with E-state index in [9.17, 15) is 4.39 Å². The fraction of sp³-hybridized carbons (Fsp3) is 0.667. The van der Waals surface area contributed by atoms with E-state index in [1.807, 2.05) is 13.0 Å². The number of hydrogen-bond acceptors (Lipinski definition) is 2. The van der Waals surface area contributed by atoms with Gasteiger partial charge in [0, 0.05) is 24.8 Å². The first-order valence-electron chi connectivity index (χ1n) is 8.35. The molecule has 3 heteroatoms. The molecular formula is C18H29FN2. The van der Waals surface area contributed by atoms with Crippen LogP contribution in [-0.4, -0.2) is 19.6 Å². The number of halogens is 1. The van der Waals surface area contributed by atoms with Crippen LogP contribution in [0, 0.1) is 18.7 Å². The van der Waals surface area contributed by atoms with Crippen LogP contribution in [0.2, 0.25) is 0 Å². The highest BCUT2D eigenvalue weighted by molar-refractivity contribution is 5.57. The van der Waals surface area contributed by atoms with E-state index in [1.54, 1.807) is 6.07 Å². The Morgan fingerprint density at radius 2 is 2.14 bits per heavy atom. The summed E-state index contributed by atoms with van der Waals surface area (Å²) in [6.45, 7) is 11.6. The predicted molar refractivity (Wildman–Crippen MR) is 88.5 cm³/mol. The Morgan fingerprint density at radius 1 is 1.38 bits per heavy atom. The van der Waals surface area contributed by atoms with Crippen LogP contribution in [0.5, 0.6) is 0 Å². The Bertz CT molecular complexity index is 473. The van der Waals surface area contributed by atoms with Crippen molar-refractivity contribution in [1.29, 1.82) is 0 Å². The average Bonchev–Trinajstić information content (AvgIpc) is 2.96. The fourth-order valence-corrected chi connectivity index (χ4v) is 3.16. The fourth-order valence-electron chi connectivity index (χ4n) is 3.16. The summed E-state index contributed by atoms with van der Waals surface area (Å²) >= 11 is 0. The van der Waals surface area contributed by atoms with Gasteiger partial charge in [-0.1, -0.05) is 20.3 Å². The quantitative estimate of drug-likeness (QED) is 0.834. The zero-order valence-electron chi connectivity index (χ0n) is 13.9. The van der Waals surface area contributed by atoms with Gasteiger partial charge in [0.25, 0.3) is 0 Å². The van der Waals surface area contributed by atoms with Gasteiger partial charge < -0.3 is 10.2 Å². The second-order valence-electron chi connectivity index (χ2n) is 6.34. The molecule has 0 aromatic heterocycles. The van der Waals surface area contributed by atoms with Crippen molar-refractivity contribution in [2.75, 3.05) is 24.5 Å². The molecule has 0 radical (unpaired) electrons. The summed E-state index contributed by atoms with van der Waals surface area (Å²) in [4.78, 5) is 2.44. The summed E-state index contributed by atoms with van der Waals surface area (Å²) in [6.07, 6.45) is 3.58. The molecule has 118 valence electrons. The van der Waals surface area contributed by atoms with Gasteiger partial charge in [-0.2, -0.15) is 0 Å². The van der Waals surface area contributed by atoms with Gasteiger partial charge in [-0.25, -0.2) is 4.39 Å². The van der Waals surface area contributed by atoms with E-state index in [2.05, 4.69) is 31.0 Å². The van der Waals surface area contributed by atoms with Crippen LogP contribution in [0.4, 0.5) is 10.1 Å². The first kappa shape index (κ1) is 16.3. The van der Waals surface area contributed by atoms with E-state index in [0.29, 0.717) is 0 Å². The van der Waals surface area contributed by atoms with Gasteiger partial charge in [0.05, 0.1) is 0 Å². The van der Waals surface area contributed by atoms with Crippen LogP contribution in [0.1, 0.15) is 57.2 Å². The third-order valence-corrected chi connectivity index (χ3v) is 4.68. The van der Waals surface area contributed by atoms with Crippen LogP contribution in [0.25, 0.3) is 0 Å². The van der Waals surface area contributed by atoms with E-state index in [1.165, 1.54) is 18.5 Å². The number of rotatable bonds is 6. The molecule has 2 rings (SSSR count). The molecule has 21 heavy (non-hydrogen) atoms.